The number of carbonyl (C=O) groups is 4. The molecule has 0 aromatic heterocycles. The number of hydrogen-bond donors (Lipinski definition) is 3. The third kappa shape index (κ3) is 5.66. The van der Waals surface area contributed by atoms with Crippen LogP contribution in [0.3, 0.4) is 0 Å². The molecular formula is C19H15ClN4O6S2. The van der Waals surface area contributed by atoms with E-state index in [1.165, 1.54) is 18.2 Å². The molecule has 0 unspecified atom stereocenters. The highest BCUT2D eigenvalue weighted by atomic mass is 35.5. The summed E-state index contributed by atoms with van der Waals surface area (Å²) in [6, 6.07) is 10.3. The molecule has 0 bridgehead atoms. The molecule has 13 heteroatoms. The van der Waals surface area contributed by atoms with Crippen molar-refractivity contribution in [3.8, 4) is 0 Å². The van der Waals surface area contributed by atoms with Gasteiger partial charge in [0.25, 0.3) is 21.2 Å². The third-order valence-corrected chi connectivity index (χ3v) is 6.55. The van der Waals surface area contributed by atoms with E-state index in [0.29, 0.717) is 22.3 Å². The van der Waals surface area contributed by atoms with E-state index in [2.05, 4.69) is 5.32 Å². The van der Waals surface area contributed by atoms with E-state index in [1.54, 1.807) is 29.0 Å². The van der Waals surface area contributed by atoms with E-state index in [0.717, 1.165) is 17.0 Å². The number of halogens is 1. The molecule has 2 aromatic rings. The normalized spacial score (nSPS) is 15.2. The maximum Gasteiger partial charge on any atom is 0.326 e. The molecule has 0 saturated carbocycles. The van der Waals surface area contributed by atoms with Crippen LogP contribution in [0, 0.1) is 0 Å². The largest absolute Gasteiger partial charge is 0.351 e. The molecule has 1 fully saturated rings. The number of sulfonamides is 1. The molecule has 1 heterocycles. The van der Waals surface area contributed by atoms with Crippen molar-refractivity contribution in [2.24, 2.45) is 5.73 Å². The summed E-state index contributed by atoms with van der Waals surface area (Å²) in [5.41, 5.74) is 5.70. The van der Waals surface area contributed by atoms with Gasteiger partial charge in [0.1, 0.15) is 6.54 Å². The van der Waals surface area contributed by atoms with E-state index < -0.39 is 39.7 Å². The first-order valence-electron chi connectivity index (χ1n) is 8.78. The highest BCUT2D eigenvalue weighted by molar-refractivity contribution is 8.18. The van der Waals surface area contributed by atoms with Gasteiger partial charge in [-0.25, -0.2) is 17.9 Å². The zero-order valence-corrected chi connectivity index (χ0v) is 18.5. The number of thioether (sulfide) groups is 1. The summed E-state index contributed by atoms with van der Waals surface area (Å²) in [4.78, 5) is 48.5. The van der Waals surface area contributed by atoms with E-state index in [4.69, 9.17) is 17.3 Å². The van der Waals surface area contributed by atoms with Crippen molar-refractivity contribution in [1.82, 2.24) is 9.62 Å². The van der Waals surface area contributed by atoms with Crippen LogP contribution in [-0.4, -0.2) is 42.9 Å². The van der Waals surface area contributed by atoms with Gasteiger partial charge in [-0.1, -0.05) is 23.7 Å². The molecule has 3 rings (SSSR count). The van der Waals surface area contributed by atoms with E-state index in [9.17, 15) is 27.6 Å². The van der Waals surface area contributed by atoms with Gasteiger partial charge in [-0.2, -0.15) is 0 Å². The van der Waals surface area contributed by atoms with Crippen molar-refractivity contribution < 1.29 is 27.6 Å². The molecule has 32 heavy (non-hydrogen) atoms. The van der Waals surface area contributed by atoms with E-state index in [1.807, 2.05) is 0 Å². The van der Waals surface area contributed by atoms with Crippen LogP contribution in [-0.2, 0) is 19.6 Å². The number of urea groups is 1. The number of rotatable bonds is 6. The van der Waals surface area contributed by atoms with Crippen molar-refractivity contribution >= 4 is 68.2 Å². The van der Waals surface area contributed by atoms with Crippen molar-refractivity contribution in [2.75, 3.05) is 11.9 Å². The Morgan fingerprint density at radius 3 is 2.28 bits per heavy atom. The lowest BCUT2D eigenvalue weighted by atomic mass is 10.2. The van der Waals surface area contributed by atoms with Gasteiger partial charge in [0.05, 0.1) is 9.80 Å². The van der Waals surface area contributed by atoms with Crippen LogP contribution >= 0.6 is 23.4 Å². The topological polar surface area (TPSA) is 156 Å². The summed E-state index contributed by atoms with van der Waals surface area (Å²) in [5.74, 6) is -1.27. The number of nitrogens with two attached hydrogens (primary N) is 1. The van der Waals surface area contributed by atoms with Crippen molar-refractivity contribution in [3.05, 3.63) is 64.0 Å². The first kappa shape index (κ1) is 23.3. The van der Waals surface area contributed by atoms with Crippen LogP contribution in [0.15, 0.2) is 58.3 Å². The predicted molar refractivity (Wildman–Crippen MR) is 119 cm³/mol. The minimum Gasteiger partial charge on any atom is -0.351 e. The molecule has 0 aliphatic carbocycles. The minimum absolute atomic E-state index is 0.168. The molecule has 1 aliphatic rings. The molecule has 2 aromatic carbocycles. The summed E-state index contributed by atoms with van der Waals surface area (Å²) in [6.45, 7) is -0.522. The van der Waals surface area contributed by atoms with Crippen molar-refractivity contribution in [2.45, 2.75) is 4.90 Å². The summed E-state index contributed by atoms with van der Waals surface area (Å²) >= 11 is 6.54. The Hall–Kier alpha value is -3.35. The Kier molecular flexibility index (Phi) is 6.87. The molecule has 0 radical (unpaired) electrons. The Bertz CT molecular complexity index is 1230. The fraction of sp³-hybridized carbons (Fsp3) is 0.0526. The van der Waals surface area contributed by atoms with Gasteiger partial charge in [-0.3, -0.25) is 19.3 Å². The molecule has 166 valence electrons. The Morgan fingerprint density at radius 1 is 1.06 bits per heavy atom. The summed E-state index contributed by atoms with van der Waals surface area (Å²) in [6.07, 6.45) is 1.53. The predicted octanol–water partition coefficient (Wildman–Crippen LogP) is 2.37. The number of imide groups is 1. The maximum atomic E-state index is 12.5. The van der Waals surface area contributed by atoms with Crippen LogP contribution in [0.25, 0.3) is 6.08 Å². The van der Waals surface area contributed by atoms with E-state index >= 15 is 0 Å². The monoisotopic (exact) mass is 494 g/mol. The summed E-state index contributed by atoms with van der Waals surface area (Å²) < 4.78 is 25.3. The first-order valence-corrected chi connectivity index (χ1v) is 11.5. The standard InChI is InChI=1S/C19H15ClN4O6S2/c20-12-3-1-11(2-4-12)9-15-17(26)24(19(28)31-15)10-16(25)22-13-5-7-14(8-6-13)32(29,30)23-18(21)27/h1-9H,10H2,(H,22,25)(H3,21,23,27). The number of nitrogens with zero attached hydrogens (tertiary/aromatic N) is 1. The second kappa shape index (κ2) is 9.42. The lowest BCUT2D eigenvalue weighted by Gasteiger charge is -2.12. The molecule has 4 N–H and O–H groups in total. The number of primary amides is 1. The van der Waals surface area contributed by atoms with Crippen LogP contribution in [0.5, 0.6) is 0 Å². The average Bonchev–Trinajstić information content (AvgIpc) is 2.96. The second-order valence-electron chi connectivity index (χ2n) is 6.36. The smallest absolute Gasteiger partial charge is 0.326 e. The lowest BCUT2D eigenvalue weighted by Crippen LogP contribution is -2.36. The molecule has 10 nitrogen and oxygen atoms in total. The SMILES string of the molecule is NC(=O)NS(=O)(=O)c1ccc(NC(=O)CN2C(=O)SC(=Cc3ccc(Cl)cc3)C2=O)cc1. The number of anilines is 1. The summed E-state index contributed by atoms with van der Waals surface area (Å²) in [5, 5.41) is 2.40. The Morgan fingerprint density at radius 2 is 1.69 bits per heavy atom. The van der Waals surface area contributed by atoms with Gasteiger partial charge in [0.15, 0.2) is 0 Å². The molecule has 0 spiro atoms. The van der Waals surface area contributed by atoms with Crippen LogP contribution in [0.4, 0.5) is 15.3 Å². The van der Waals surface area contributed by atoms with Gasteiger partial charge < -0.3 is 11.1 Å². The Balaban J connectivity index is 1.64. The quantitative estimate of drug-likeness (QED) is 0.520. The zero-order chi connectivity index (χ0) is 23.5. The average molecular weight is 495 g/mol. The van der Waals surface area contributed by atoms with Gasteiger partial charge in [-0.05, 0) is 59.8 Å². The number of amides is 5. The van der Waals surface area contributed by atoms with Gasteiger partial charge >= 0.3 is 6.03 Å². The molecule has 5 amide bonds. The number of carbonyl (C=O) groups excluding carboxylic acids is 4. The molecule has 1 saturated heterocycles. The lowest BCUT2D eigenvalue weighted by molar-refractivity contribution is -0.127. The molecular weight excluding hydrogens is 480 g/mol. The molecule has 0 atom stereocenters. The van der Waals surface area contributed by atoms with Crippen molar-refractivity contribution in [1.29, 1.82) is 0 Å². The highest BCUT2D eigenvalue weighted by Crippen LogP contribution is 2.32. The fourth-order valence-corrected chi connectivity index (χ4v) is 4.44. The molecule has 1 aliphatic heterocycles. The van der Waals surface area contributed by atoms with Crippen LogP contribution < -0.4 is 15.8 Å². The van der Waals surface area contributed by atoms with Gasteiger partial charge in [0.2, 0.25) is 5.91 Å². The number of benzene rings is 2. The maximum absolute atomic E-state index is 12.5. The first-order chi connectivity index (χ1) is 15.0. The van der Waals surface area contributed by atoms with Crippen molar-refractivity contribution in [3.63, 3.8) is 0 Å². The van der Waals surface area contributed by atoms with Gasteiger partial charge in [-0.15, -0.1) is 0 Å². The Labute approximate surface area is 191 Å². The van der Waals surface area contributed by atoms with E-state index in [-0.39, 0.29) is 15.5 Å². The minimum atomic E-state index is -4.12. The number of hydrogen-bond acceptors (Lipinski definition) is 7. The second-order valence-corrected chi connectivity index (χ2v) is 9.47. The van der Waals surface area contributed by atoms with Crippen LogP contribution in [0.2, 0.25) is 5.02 Å². The summed E-state index contributed by atoms with van der Waals surface area (Å²) in [7, 11) is -4.12. The van der Waals surface area contributed by atoms with Crippen LogP contribution in [0.1, 0.15) is 5.56 Å². The zero-order valence-electron chi connectivity index (χ0n) is 16.1. The number of nitrogens with one attached hydrogen (secondary N) is 2. The highest BCUT2D eigenvalue weighted by Gasteiger charge is 2.36. The van der Waals surface area contributed by atoms with Gasteiger partial charge in [0, 0.05) is 10.7 Å². The fourth-order valence-electron chi connectivity index (χ4n) is 2.60. The third-order valence-electron chi connectivity index (χ3n) is 4.03.